The number of urea groups is 1. The summed E-state index contributed by atoms with van der Waals surface area (Å²) in [6.07, 6.45) is 0.998. The number of rotatable bonds is 3. The first kappa shape index (κ1) is 12.2. The number of aliphatic carboxylic acids is 1. The monoisotopic (exact) mass is 242 g/mol. The number of hydrogen-bond donors (Lipinski definition) is 2. The van der Waals surface area contributed by atoms with Crippen molar-refractivity contribution in [2.75, 3.05) is 32.8 Å². The molecule has 0 saturated carbocycles. The van der Waals surface area contributed by atoms with Crippen molar-refractivity contribution in [1.29, 1.82) is 0 Å². The van der Waals surface area contributed by atoms with Crippen LogP contribution in [0.1, 0.15) is 12.8 Å². The molecule has 0 aromatic rings. The second kappa shape index (κ2) is 4.91. The standard InChI is InChI=1S/C11H18N2O4/c14-7-8-1-2-12(4-8)11(17)13-5-9(6-13)3-10(15)16/h8-9,14H,1-7H2,(H,15,16). The molecule has 1 atom stereocenters. The van der Waals surface area contributed by atoms with E-state index in [4.69, 9.17) is 10.2 Å². The van der Waals surface area contributed by atoms with Gasteiger partial charge in [0, 0.05) is 44.6 Å². The fourth-order valence-electron chi connectivity index (χ4n) is 2.46. The van der Waals surface area contributed by atoms with E-state index >= 15 is 0 Å². The Kier molecular flexibility index (Phi) is 3.51. The fraction of sp³-hybridized carbons (Fsp3) is 0.818. The van der Waals surface area contributed by atoms with Crippen LogP contribution in [0.3, 0.4) is 0 Å². The lowest BCUT2D eigenvalue weighted by Crippen LogP contribution is -2.54. The Balaban J connectivity index is 1.74. The minimum Gasteiger partial charge on any atom is -0.481 e. The largest absolute Gasteiger partial charge is 0.481 e. The van der Waals surface area contributed by atoms with Crippen LogP contribution in [0.2, 0.25) is 0 Å². The molecular weight excluding hydrogens is 224 g/mol. The summed E-state index contributed by atoms with van der Waals surface area (Å²) in [5.74, 6) is -0.494. The number of aliphatic hydroxyl groups is 1. The highest BCUT2D eigenvalue weighted by Crippen LogP contribution is 2.23. The molecule has 2 aliphatic rings. The molecule has 2 heterocycles. The van der Waals surface area contributed by atoms with Gasteiger partial charge in [0.1, 0.15) is 0 Å². The van der Waals surface area contributed by atoms with E-state index < -0.39 is 5.97 Å². The Morgan fingerprint density at radius 2 is 1.76 bits per heavy atom. The molecule has 6 heteroatoms. The summed E-state index contributed by atoms with van der Waals surface area (Å²) in [6, 6.07) is -0.0115. The van der Waals surface area contributed by atoms with Crippen molar-refractivity contribution in [1.82, 2.24) is 9.80 Å². The SMILES string of the molecule is O=C(O)CC1CN(C(=O)N2CCC(CO)C2)C1. The van der Waals surface area contributed by atoms with Gasteiger partial charge in [-0.1, -0.05) is 0 Å². The van der Waals surface area contributed by atoms with Crippen LogP contribution in [-0.4, -0.2) is 64.8 Å². The van der Waals surface area contributed by atoms with Crippen LogP contribution >= 0.6 is 0 Å². The lowest BCUT2D eigenvalue weighted by molar-refractivity contribution is -0.139. The third-order valence-electron chi connectivity index (χ3n) is 3.51. The number of carbonyl (C=O) groups is 2. The van der Waals surface area contributed by atoms with Crippen molar-refractivity contribution < 1.29 is 19.8 Å². The van der Waals surface area contributed by atoms with E-state index in [-0.39, 0.29) is 30.9 Å². The topological polar surface area (TPSA) is 81.1 Å². The fourth-order valence-corrected chi connectivity index (χ4v) is 2.46. The van der Waals surface area contributed by atoms with Crippen LogP contribution in [0.15, 0.2) is 0 Å². The second-order valence-corrected chi connectivity index (χ2v) is 4.93. The van der Waals surface area contributed by atoms with E-state index in [0.717, 1.165) is 6.42 Å². The maximum absolute atomic E-state index is 11.9. The molecule has 0 aliphatic carbocycles. The van der Waals surface area contributed by atoms with Crippen molar-refractivity contribution in [3.8, 4) is 0 Å². The molecule has 2 saturated heterocycles. The van der Waals surface area contributed by atoms with Gasteiger partial charge in [-0.15, -0.1) is 0 Å². The molecule has 2 aliphatic heterocycles. The smallest absolute Gasteiger partial charge is 0.320 e. The summed E-state index contributed by atoms with van der Waals surface area (Å²) in [7, 11) is 0. The third-order valence-corrected chi connectivity index (χ3v) is 3.51. The lowest BCUT2D eigenvalue weighted by Gasteiger charge is -2.40. The first-order valence-corrected chi connectivity index (χ1v) is 5.96. The molecule has 0 aromatic carbocycles. The summed E-state index contributed by atoms with van der Waals surface area (Å²) < 4.78 is 0. The molecule has 0 bridgehead atoms. The highest BCUT2D eigenvalue weighted by molar-refractivity contribution is 5.76. The number of carbonyl (C=O) groups excluding carboxylic acids is 1. The number of likely N-dealkylation sites (tertiary alicyclic amines) is 2. The van der Waals surface area contributed by atoms with E-state index in [0.29, 0.717) is 26.2 Å². The molecule has 2 fully saturated rings. The molecule has 1 unspecified atom stereocenters. The number of carboxylic acid groups (broad SMARTS) is 1. The zero-order valence-electron chi connectivity index (χ0n) is 9.71. The van der Waals surface area contributed by atoms with E-state index in [1.165, 1.54) is 0 Å². The Bertz CT molecular complexity index is 315. The van der Waals surface area contributed by atoms with Crippen molar-refractivity contribution in [3.05, 3.63) is 0 Å². The molecule has 0 radical (unpaired) electrons. The lowest BCUT2D eigenvalue weighted by atomic mass is 9.97. The van der Waals surface area contributed by atoms with Crippen LogP contribution in [-0.2, 0) is 4.79 Å². The maximum atomic E-state index is 11.9. The van der Waals surface area contributed by atoms with Gasteiger partial charge in [-0.3, -0.25) is 4.79 Å². The normalized spacial score (nSPS) is 24.9. The number of nitrogens with zero attached hydrogens (tertiary/aromatic N) is 2. The predicted octanol–water partition coefficient (Wildman–Crippen LogP) is -0.173. The van der Waals surface area contributed by atoms with Gasteiger partial charge in [0.15, 0.2) is 0 Å². The van der Waals surface area contributed by atoms with Gasteiger partial charge in [0.05, 0.1) is 6.42 Å². The van der Waals surface area contributed by atoms with Crippen molar-refractivity contribution in [3.63, 3.8) is 0 Å². The Morgan fingerprint density at radius 3 is 2.29 bits per heavy atom. The summed E-state index contributed by atoms with van der Waals surface area (Å²) in [5, 5.41) is 17.6. The van der Waals surface area contributed by atoms with Crippen LogP contribution in [0.5, 0.6) is 0 Å². The maximum Gasteiger partial charge on any atom is 0.320 e. The third kappa shape index (κ3) is 2.69. The number of aliphatic hydroxyl groups excluding tert-OH is 1. The predicted molar refractivity (Wildman–Crippen MR) is 59.5 cm³/mol. The molecular formula is C11H18N2O4. The van der Waals surface area contributed by atoms with Gasteiger partial charge >= 0.3 is 12.0 Å². The van der Waals surface area contributed by atoms with E-state index in [1.54, 1.807) is 9.80 Å². The van der Waals surface area contributed by atoms with Gasteiger partial charge in [0.25, 0.3) is 0 Å². The van der Waals surface area contributed by atoms with Crippen molar-refractivity contribution in [2.45, 2.75) is 12.8 Å². The second-order valence-electron chi connectivity index (χ2n) is 4.93. The van der Waals surface area contributed by atoms with Gasteiger partial charge < -0.3 is 20.0 Å². The zero-order chi connectivity index (χ0) is 12.4. The minimum absolute atomic E-state index is 0.0115. The highest BCUT2D eigenvalue weighted by Gasteiger charge is 2.36. The molecule has 0 aromatic heterocycles. The summed E-state index contributed by atoms with van der Waals surface area (Å²) >= 11 is 0. The summed E-state index contributed by atoms with van der Waals surface area (Å²) in [4.78, 5) is 25.9. The van der Waals surface area contributed by atoms with Crippen LogP contribution < -0.4 is 0 Å². The molecule has 2 amide bonds. The van der Waals surface area contributed by atoms with Gasteiger partial charge in [-0.2, -0.15) is 0 Å². The van der Waals surface area contributed by atoms with Crippen LogP contribution in [0.25, 0.3) is 0 Å². The Morgan fingerprint density at radius 1 is 1.12 bits per heavy atom. The first-order chi connectivity index (χ1) is 8.10. The van der Waals surface area contributed by atoms with Crippen LogP contribution in [0.4, 0.5) is 4.79 Å². The Hall–Kier alpha value is -1.30. The quantitative estimate of drug-likeness (QED) is 0.719. The Labute approximate surface area is 99.8 Å². The first-order valence-electron chi connectivity index (χ1n) is 5.96. The van der Waals surface area contributed by atoms with E-state index in [2.05, 4.69) is 0 Å². The number of carboxylic acids is 1. The molecule has 2 N–H and O–H groups in total. The summed E-state index contributed by atoms with van der Waals surface area (Å²) in [6.45, 7) is 2.54. The molecule has 96 valence electrons. The average Bonchev–Trinajstić information content (AvgIpc) is 2.70. The minimum atomic E-state index is -0.802. The number of hydrogen-bond acceptors (Lipinski definition) is 3. The molecule has 6 nitrogen and oxygen atoms in total. The number of amides is 2. The van der Waals surface area contributed by atoms with Crippen molar-refractivity contribution in [2.24, 2.45) is 11.8 Å². The van der Waals surface area contributed by atoms with Gasteiger partial charge in [-0.25, -0.2) is 4.79 Å². The van der Waals surface area contributed by atoms with E-state index in [9.17, 15) is 9.59 Å². The molecule has 0 spiro atoms. The van der Waals surface area contributed by atoms with Gasteiger partial charge in [-0.05, 0) is 6.42 Å². The average molecular weight is 242 g/mol. The van der Waals surface area contributed by atoms with E-state index in [1.807, 2.05) is 0 Å². The summed E-state index contributed by atoms with van der Waals surface area (Å²) in [5.41, 5.74) is 0. The van der Waals surface area contributed by atoms with Crippen LogP contribution in [0, 0.1) is 11.8 Å². The zero-order valence-corrected chi connectivity index (χ0v) is 9.71. The van der Waals surface area contributed by atoms with Crippen molar-refractivity contribution >= 4 is 12.0 Å². The highest BCUT2D eigenvalue weighted by atomic mass is 16.4. The van der Waals surface area contributed by atoms with Gasteiger partial charge in [0.2, 0.25) is 0 Å². The molecule has 2 rings (SSSR count). The molecule has 17 heavy (non-hydrogen) atoms.